The van der Waals surface area contributed by atoms with Gasteiger partial charge in [0.05, 0.1) is 0 Å². The highest BCUT2D eigenvalue weighted by molar-refractivity contribution is 5.43. The number of nitrogens with zero attached hydrogens (tertiary/aromatic N) is 3. The second kappa shape index (κ2) is 6.75. The van der Waals surface area contributed by atoms with Crippen molar-refractivity contribution in [2.75, 3.05) is 37.6 Å². The van der Waals surface area contributed by atoms with E-state index in [0.717, 1.165) is 37.9 Å². The van der Waals surface area contributed by atoms with Gasteiger partial charge < -0.3 is 10.2 Å². The maximum atomic E-state index is 4.75. The Kier molecular flexibility index (Phi) is 4.76. The lowest BCUT2D eigenvalue weighted by Crippen LogP contribution is -2.47. The van der Waals surface area contributed by atoms with Gasteiger partial charge in [0.25, 0.3) is 0 Å². The minimum absolute atomic E-state index is 0.895. The summed E-state index contributed by atoms with van der Waals surface area (Å²) in [6.07, 6.45) is 4.01. The van der Waals surface area contributed by atoms with Crippen LogP contribution in [0.3, 0.4) is 0 Å². The Morgan fingerprint density at radius 2 is 1.95 bits per heavy atom. The third-order valence-corrected chi connectivity index (χ3v) is 4.46. The van der Waals surface area contributed by atoms with Crippen molar-refractivity contribution in [2.45, 2.75) is 45.7 Å². The smallest absolute Gasteiger partial charge is 0.129 e. The summed E-state index contributed by atoms with van der Waals surface area (Å²) >= 11 is 0. The number of piperazine rings is 1. The Balaban J connectivity index is 1.61. The first-order valence-corrected chi connectivity index (χ1v) is 8.43. The van der Waals surface area contributed by atoms with Crippen LogP contribution in [-0.2, 0) is 6.54 Å². The van der Waals surface area contributed by atoms with Gasteiger partial charge in [-0.25, -0.2) is 4.98 Å². The van der Waals surface area contributed by atoms with Gasteiger partial charge in [0, 0.05) is 44.5 Å². The molecule has 4 heteroatoms. The highest BCUT2D eigenvalue weighted by atomic mass is 15.3. The van der Waals surface area contributed by atoms with E-state index in [4.69, 9.17) is 4.98 Å². The van der Waals surface area contributed by atoms with E-state index in [2.05, 4.69) is 41.1 Å². The first-order chi connectivity index (χ1) is 10.3. The normalized spacial score (nSPS) is 20.0. The number of anilines is 1. The van der Waals surface area contributed by atoms with Crippen LogP contribution in [0.15, 0.2) is 12.1 Å². The van der Waals surface area contributed by atoms with Gasteiger partial charge in [0.15, 0.2) is 0 Å². The minimum atomic E-state index is 0.895. The molecule has 0 radical (unpaired) electrons. The molecule has 1 aliphatic carbocycles. The molecule has 1 aromatic rings. The van der Waals surface area contributed by atoms with Crippen LogP contribution in [-0.4, -0.2) is 48.6 Å². The number of aryl methyl sites for hydroxylation is 1. The molecule has 1 saturated heterocycles. The quantitative estimate of drug-likeness (QED) is 0.813. The van der Waals surface area contributed by atoms with Gasteiger partial charge in [-0.3, -0.25) is 4.90 Å². The van der Waals surface area contributed by atoms with Crippen molar-refractivity contribution in [3.05, 3.63) is 23.4 Å². The maximum Gasteiger partial charge on any atom is 0.129 e. The summed E-state index contributed by atoms with van der Waals surface area (Å²) in [4.78, 5) is 9.85. The van der Waals surface area contributed by atoms with Crippen LogP contribution in [0.1, 0.15) is 37.4 Å². The molecule has 0 bridgehead atoms. The third kappa shape index (κ3) is 3.95. The van der Waals surface area contributed by atoms with E-state index in [0.29, 0.717) is 0 Å². The molecule has 116 valence electrons. The monoisotopic (exact) mass is 288 g/mol. The summed E-state index contributed by atoms with van der Waals surface area (Å²) in [6, 6.07) is 5.36. The Bertz CT molecular complexity index is 462. The van der Waals surface area contributed by atoms with Gasteiger partial charge in [-0.1, -0.05) is 6.92 Å². The summed E-state index contributed by atoms with van der Waals surface area (Å²) in [6.45, 7) is 11.0. The van der Waals surface area contributed by atoms with Crippen molar-refractivity contribution in [3.63, 3.8) is 0 Å². The lowest BCUT2D eigenvalue weighted by Gasteiger charge is -2.35. The molecule has 3 rings (SSSR count). The Labute approximate surface area is 128 Å². The summed E-state index contributed by atoms with van der Waals surface area (Å²) in [5.41, 5.74) is 2.49. The van der Waals surface area contributed by atoms with Gasteiger partial charge in [-0.15, -0.1) is 0 Å². The lowest BCUT2D eigenvalue weighted by molar-refractivity contribution is 0.247. The molecular formula is C17H28N4. The number of nitrogens with one attached hydrogen (secondary N) is 1. The van der Waals surface area contributed by atoms with E-state index < -0.39 is 0 Å². The van der Waals surface area contributed by atoms with Gasteiger partial charge in [0.2, 0.25) is 0 Å². The fourth-order valence-electron chi connectivity index (χ4n) is 3.15. The van der Waals surface area contributed by atoms with Crippen LogP contribution >= 0.6 is 0 Å². The molecule has 2 fully saturated rings. The lowest BCUT2D eigenvalue weighted by atomic mass is 10.2. The van der Waals surface area contributed by atoms with Gasteiger partial charge in [-0.2, -0.15) is 0 Å². The fourth-order valence-corrected chi connectivity index (χ4v) is 3.15. The van der Waals surface area contributed by atoms with E-state index in [1.807, 2.05) is 0 Å². The van der Waals surface area contributed by atoms with Crippen LogP contribution < -0.4 is 10.2 Å². The molecule has 1 aliphatic heterocycles. The predicted molar refractivity (Wildman–Crippen MR) is 87.8 cm³/mol. The van der Waals surface area contributed by atoms with E-state index in [-0.39, 0.29) is 0 Å². The van der Waals surface area contributed by atoms with Gasteiger partial charge in [0.1, 0.15) is 5.82 Å². The van der Waals surface area contributed by atoms with Crippen LogP contribution in [0.5, 0.6) is 0 Å². The highest BCUT2D eigenvalue weighted by Crippen LogP contribution is 2.28. The van der Waals surface area contributed by atoms with E-state index in [9.17, 15) is 0 Å². The average molecular weight is 288 g/mol. The fraction of sp³-hybridized carbons (Fsp3) is 0.706. The van der Waals surface area contributed by atoms with E-state index >= 15 is 0 Å². The standard InChI is InChI=1S/C17H28N4/c1-3-6-18-13-15-11-14(2)19-17(12-15)21-9-7-20(8-10-21)16-4-5-16/h11-12,16,18H,3-10,13H2,1-2H3. The highest BCUT2D eigenvalue weighted by Gasteiger charge is 2.31. The van der Waals surface area contributed by atoms with Crippen molar-refractivity contribution in [1.82, 2.24) is 15.2 Å². The molecule has 0 aromatic carbocycles. The van der Waals surface area contributed by atoms with Crippen molar-refractivity contribution in [2.24, 2.45) is 0 Å². The minimum Gasteiger partial charge on any atom is -0.354 e. The molecule has 4 nitrogen and oxygen atoms in total. The molecule has 1 aromatic heterocycles. The van der Waals surface area contributed by atoms with Crippen LogP contribution in [0.4, 0.5) is 5.82 Å². The van der Waals surface area contributed by atoms with Crippen molar-refractivity contribution in [1.29, 1.82) is 0 Å². The first kappa shape index (κ1) is 14.8. The Morgan fingerprint density at radius 1 is 1.19 bits per heavy atom. The van der Waals surface area contributed by atoms with E-state index in [1.54, 1.807) is 0 Å². The maximum absolute atomic E-state index is 4.75. The van der Waals surface area contributed by atoms with E-state index in [1.165, 1.54) is 43.7 Å². The number of aromatic nitrogens is 1. The molecule has 2 aliphatic rings. The van der Waals surface area contributed by atoms with Crippen molar-refractivity contribution >= 4 is 5.82 Å². The molecule has 1 saturated carbocycles. The molecule has 1 N–H and O–H groups in total. The second-order valence-electron chi connectivity index (χ2n) is 6.41. The zero-order chi connectivity index (χ0) is 14.7. The van der Waals surface area contributed by atoms with Gasteiger partial charge >= 0.3 is 0 Å². The van der Waals surface area contributed by atoms with Crippen molar-refractivity contribution in [3.8, 4) is 0 Å². The number of hydrogen-bond donors (Lipinski definition) is 1. The SMILES string of the molecule is CCCNCc1cc(C)nc(N2CCN(C3CC3)CC2)c1. The Hall–Kier alpha value is -1.13. The van der Waals surface area contributed by atoms with Crippen LogP contribution in [0.2, 0.25) is 0 Å². The molecule has 0 atom stereocenters. The zero-order valence-corrected chi connectivity index (χ0v) is 13.4. The summed E-state index contributed by atoms with van der Waals surface area (Å²) in [7, 11) is 0. The molecule has 0 amide bonds. The Morgan fingerprint density at radius 3 is 2.62 bits per heavy atom. The largest absolute Gasteiger partial charge is 0.354 e. The molecule has 2 heterocycles. The average Bonchev–Trinajstić information content (AvgIpc) is 3.32. The summed E-state index contributed by atoms with van der Waals surface area (Å²) in [5.74, 6) is 1.17. The summed E-state index contributed by atoms with van der Waals surface area (Å²) < 4.78 is 0. The number of pyridine rings is 1. The topological polar surface area (TPSA) is 31.4 Å². The number of hydrogen-bond acceptors (Lipinski definition) is 4. The first-order valence-electron chi connectivity index (χ1n) is 8.43. The predicted octanol–water partition coefficient (Wildman–Crippen LogP) is 2.17. The van der Waals surface area contributed by atoms with Crippen LogP contribution in [0, 0.1) is 6.92 Å². The van der Waals surface area contributed by atoms with Gasteiger partial charge in [-0.05, 0) is 50.4 Å². The summed E-state index contributed by atoms with van der Waals surface area (Å²) in [5, 5.41) is 3.48. The molecule has 0 spiro atoms. The van der Waals surface area contributed by atoms with Crippen LogP contribution in [0.25, 0.3) is 0 Å². The third-order valence-electron chi connectivity index (χ3n) is 4.46. The zero-order valence-electron chi connectivity index (χ0n) is 13.4. The molecule has 21 heavy (non-hydrogen) atoms. The second-order valence-corrected chi connectivity index (χ2v) is 6.41. The van der Waals surface area contributed by atoms with Crippen molar-refractivity contribution < 1.29 is 0 Å². The molecule has 0 unspecified atom stereocenters. The number of rotatable bonds is 6. The molecular weight excluding hydrogens is 260 g/mol.